The fourth-order valence-electron chi connectivity index (χ4n) is 3.03. The molecule has 2 N–H and O–H groups in total. The standard InChI is InChI=1S/C16H25FN2/c1-2-19(15-10-8-14(17)9-11-15)12-16(18)13-6-4-3-5-7-13/h8-11,13,16H,2-7,12,18H2,1H3. The van der Waals surface area contributed by atoms with Crippen molar-refractivity contribution >= 4 is 5.69 Å². The Bertz CT molecular complexity index is 371. The molecule has 106 valence electrons. The Labute approximate surface area is 115 Å². The quantitative estimate of drug-likeness (QED) is 0.881. The summed E-state index contributed by atoms with van der Waals surface area (Å²) in [6.45, 7) is 3.90. The summed E-state index contributed by atoms with van der Waals surface area (Å²) in [5.74, 6) is 0.472. The van der Waals surface area contributed by atoms with Crippen LogP contribution < -0.4 is 10.6 Å². The van der Waals surface area contributed by atoms with E-state index >= 15 is 0 Å². The lowest BCUT2D eigenvalue weighted by atomic mass is 9.84. The third-order valence-corrected chi connectivity index (χ3v) is 4.26. The van der Waals surface area contributed by atoms with Crippen molar-refractivity contribution in [1.82, 2.24) is 0 Å². The maximum absolute atomic E-state index is 13.0. The molecule has 1 aromatic rings. The van der Waals surface area contributed by atoms with Crippen LogP contribution in [0.15, 0.2) is 24.3 Å². The first-order valence-corrected chi connectivity index (χ1v) is 7.46. The zero-order valence-corrected chi connectivity index (χ0v) is 11.8. The minimum absolute atomic E-state index is 0.184. The Balaban J connectivity index is 1.96. The number of anilines is 1. The molecular formula is C16H25FN2. The highest BCUT2D eigenvalue weighted by Crippen LogP contribution is 2.26. The average Bonchev–Trinajstić information content (AvgIpc) is 2.46. The van der Waals surface area contributed by atoms with Crippen molar-refractivity contribution in [2.24, 2.45) is 11.7 Å². The van der Waals surface area contributed by atoms with Gasteiger partial charge in [0.1, 0.15) is 5.82 Å². The van der Waals surface area contributed by atoms with E-state index in [1.54, 1.807) is 0 Å². The van der Waals surface area contributed by atoms with Gasteiger partial charge in [-0.25, -0.2) is 4.39 Å². The zero-order valence-electron chi connectivity index (χ0n) is 11.8. The molecule has 0 aliphatic heterocycles. The lowest BCUT2D eigenvalue weighted by Crippen LogP contribution is -2.43. The summed E-state index contributed by atoms with van der Waals surface area (Å²) in [6, 6.07) is 6.94. The highest BCUT2D eigenvalue weighted by Gasteiger charge is 2.22. The number of hydrogen-bond acceptors (Lipinski definition) is 2. The zero-order chi connectivity index (χ0) is 13.7. The van der Waals surface area contributed by atoms with Crippen LogP contribution in [0.5, 0.6) is 0 Å². The van der Waals surface area contributed by atoms with Gasteiger partial charge in [0.05, 0.1) is 0 Å². The van der Waals surface area contributed by atoms with Gasteiger partial charge >= 0.3 is 0 Å². The van der Waals surface area contributed by atoms with Gasteiger partial charge in [-0.15, -0.1) is 0 Å². The monoisotopic (exact) mass is 264 g/mol. The van der Waals surface area contributed by atoms with Gasteiger partial charge in [0.2, 0.25) is 0 Å². The minimum Gasteiger partial charge on any atom is -0.370 e. The van der Waals surface area contributed by atoms with E-state index in [1.807, 2.05) is 12.1 Å². The predicted molar refractivity (Wildman–Crippen MR) is 78.8 cm³/mol. The van der Waals surface area contributed by atoms with Crippen molar-refractivity contribution < 1.29 is 4.39 Å². The van der Waals surface area contributed by atoms with Crippen LogP contribution >= 0.6 is 0 Å². The molecule has 1 aliphatic rings. The molecule has 0 amide bonds. The summed E-state index contributed by atoms with van der Waals surface area (Å²) in [4.78, 5) is 2.25. The van der Waals surface area contributed by atoms with E-state index in [-0.39, 0.29) is 11.9 Å². The highest BCUT2D eigenvalue weighted by molar-refractivity contribution is 5.46. The highest BCUT2D eigenvalue weighted by atomic mass is 19.1. The molecular weight excluding hydrogens is 239 g/mol. The second-order valence-electron chi connectivity index (χ2n) is 5.58. The number of hydrogen-bond donors (Lipinski definition) is 1. The molecule has 0 bridgehead atoms. The first-order valence-electron chi connectivity index (χ1n) is 7.46. The van der Waals surface area contributed by atoms with Crippen LogP contribution in [0.25, 0.3) is 0 Å². The van der Waals surface area contributed by atoms with Crippen molar-refractivity contribution in [2.75, 3.05) is 18.0 Å². The number of nitrogens with two attached hydrogens (primary N) is 1. The van der Waals surface area contributed by atoms with Crippen molar-refractivity contribution in [1.29, 1.82) is 0 Å². The average molecular weight is 264 g/mol. The topological polar surface area (TPSA) is 29.3 Å². The van der Waals surface area contributed by atoms with Gasteiger partial charge < -0.3 is 10.6 Å². The van der Waals surface area contributed by atoms with Gasteiger partial charge in [-0.05, 0) is 49.9 Å². The van der Waals surface area contributed by atoms with E-state index in [1.165, 1.54) is 44.2 Å². The maximum Gasteiger partial charge on any atom is 0.123 e. The molecule has 3 heteroatoms. The van der Waals surface area contributed by atoms with E-state index < -0.39 is 0 Å². The molecule has 0 spiro atoms. The van der Waals surface area contributed by atoms with Crippen LogP contribution in [0.4, 0.5) is 10.1 Å². The third kappa shape index (κ3) is 3.93. The van der Waals surface area contributed by atoms with Crippen LogP contribution in [-0.4, -0.2) is 19.1 Å². The second kappa shape index (κ2) is 6.90. The van der Waals surface area contributed by atoms with Gasteiger partial charge in [0, 0.05) is 24.8 Å². The Kier molecular flexibility index (Phi) is 5.20. The first kappa shape index (κ1) is 14.3. The van der Waals surface area contributed by atoms with Gasteiger partial charge in [0.15, 0.2) is 0 Å². The number of rotatable bonds is 5. The molecule has 0 saturated heterocycles. The summed E-state index contributed by atoms with van der Waals surface area (Å²) in [5, 5.41) is 0. The Morgan fingerprint density at radius 2 is 1.84 bits per heavy atom. The van der Waals surface area contributed by atoms with E-state index in [0.29, 0.717) is 5.92 Å². The van der Waals surface area contributed by atoms with E-state index in [9.17, 15) is 4.39 Å². The molecule has 0 radical (unpaired) electrons. The third-order valence-electron chi connectivity index (χ3n) is 4.26. The molecule has 1 unspecified atom stereocenters. The van der Waals surface area contributed by atoms with Crippen molar-refractivity contribution in [3.05, 3.63) is 30.1 Å². The van der Waals surface area contributed by atoms with E-state index in [0.717, 1.165) is 18.8 Å². The van der Waals surface area contributed by atoms with Gasteiger partial charge in [-0.2, -0.15) is 0 Å². The largest absolute Gasteiger partial charge is 0.370 e. The molecule has 2 rings (SSSR count). The lowest BCUT2D eigenvalue weighted by Gasteiger charge is -2.33. The van der Waals surface area contributed by atoms with E-state index in [4.69, 9.17) is 5.73 Å². The maximum atomic E-state index is 13.0. The fraction of sp³-hybridized carbons (Fsp3) is 0.625. The number of nitrogens with zero attached hydrogens (tertiary/aromatic N) is 1. The number of benzene rings is 1. The van der Waals surface area contributed by atoms with Gasteiger partial charge in [-0.1, -0.05) is 19.3 Å². The predicted octanol–water partition coefficient (Wildman–Crippen LogP) is 3.56. The SMILES string of the molecule is CCN(CC(N)C1CCCCC1)c1ccc(F)cc1. The Morgan fingerprint density at radius 3 is 2.42 bits per heavy atom. The van der Waals surface area contributed by atoms with Crippen LogP contribution in [-0.2, 0) is 0 Å². The lowest BCUT2D eigenvalue weighted by molar-refractivity contribution is 0.305. The number of likely N-dealkylation sites (N-methyl/N-ethyl adjacent to an activating group) is 1. The van der Waals surface area contributed by atoms with Gasteiger partial charge in [0.25, 0.3) is 0 Å². The summed E-state index contributed by atoms with van der Waals surface area (Å²) in [6.07, 6.45) is 6.53. The van der Waals surface area contributed by atoms with E-state index in [2.05, 4.69) is 11.8 Å². The molecule has 19 heavy (non-hydrogen) atoms. The van der Waals surface area contributed by atoms with Crippen LogP contribution in [0.3, 0.4) is 0 Å². The van der Waals surface area contributed by atoms with Crippen LogP contribution in [0, 0.1) is 11.7 Å². The summed E-state index contributed by atoms with van der Waals surface area (Å²) in [5.41, 5.74) is 7.44. The Morgan fingerprint density at radius 1 is 1.21 bits per heavy atom. The van der Waals surface area contributed by atoms with Crippen molar-refractivity contribution in [2.45, 2.75) is 45.1 Å². The molecule has 0 heterocycles. The smallest absolute Gasteiger partial charge is 0.123 e. The summed E-state index contributed by atoms with van der Waals surface area (Å²) in [7, 11) is 0. The number of halogens is 1. The van der Waals surface area contributed by atoms with Gasteiger partial charge in [-0.3, -0.25) is 0 Å². The molecule has 1 atom stereocenters. The van der Waals surface area contributed by atoms with Crippen molar-refractivity contribution in [3.63, 3.8) is 0 Å². The molecule has 0 aromatic heterocycles. The molecule has 1 aromatic carbocycles. The molecule has 1 fully saturated rings. The molecule has 1 saturated carbocycles. The van der Waals surface area contributed by atoms with Crippen LogP contribution in [0.2, 0.25) is 0 Å². The normalized spacial score (nSPS) is 18.3. The molecule has 2 nitrogen and oxygen atoms in total. The fourth-order valence-corrected chi connectivity index (χ4v) is 3.03. The minimum atomic E-state index is -0.184. The summed E-state index contributed by atoms with van der Waals surface area (Å²) >= 11 is 0. The molecule has 1 aliphatic carbocycles. The summed E-state index contributed by atoms with van der Waals surface area (Å²) < 4.78 is 13.0. The Hall–Kier alpha value is -1.09. The van der Waals surface area contributed by atoms with Crippen LogP contribution in [0.1, 0.15) is 39.0 Å². The first-order chi connectivity index (χ1) is 9.20. The second-order valence-corrected chi connectivity index (χ2v) is 5.58. The van der Waals surface area contributed by atoms with Crippen molar-refractivity contribution in [3.8, 4) is 0 Å².